The van der Waals surface area contributed by atoms with Gasteiger partial charge in [-0.2, -0.15) is 5.10 Å². The van der Waals surface area contributed by atoms with Crippen LogP contribution in [0.1, 0.15) is 32.1 Å². The molecule has 1 aromatic heterocycles. The molecule has 6 heteroatoms. The molecule has 0 aliphatic heterocycles. The van der Waals surface area contributed by atoms with Gasteiger partial charge in [-0.15, -0.1) is 34.8 Å². The van der Waals surface area contributed by atoms with Crippen molar-refractivity contribution in [1.29, 1.82) is 0 Å². The van der Waals surface area contributed by atoms with Crippen LogP contribution in [0.15, 0.2) is 12.7 Å². The summed E-state index contributed by atoms with van der Waals surface area (Å²) in [5.74, 6) is 0.878. The quantitative estimate of drug-likeness (QED) is 0.751. The van der Waals surface area contributed by atoms with Gasteiger partial charge in [-0.1, -0.05) is 0 Å². The van der Waals surface area contributed by atoms with Crippen LogP contribution in [0.3, 0.4) is 0 Å². The van der Waals surface area contributed by atoms with Crippen LogP contribution in [0, 0.1) is 11.8 Å². The summed E-state index contributed by atoms with van der Waals surface area (Å²) in [6, 6.07) is 0. The van der Waals surface area contributed by atoms with Crippen molar-refractivity contribution in [3.63, 3.8) is 0 Å². The molecule has 1 unspecified atom stereocenters. The van der Waals surface area contributed by atoms with Crippen molar-refractivity contribution < 1.29 is 0 Å². The topological polar surface area (TPSA) is 30.7 Å². The third kappa shape index (κ3) is 2.78. The molecule has 3 nitrogen and oxygen atoms in total. The van der Waals surface area contributed by atoms with Gasteiger partial charge in [0, 0.05) is 11.4 Å². The van der Waals surface area contributed by atoms with E-state index in [-0.39, 0.29) is 4.87 Å². The normalized spacial score (nSPS) is 28.9. The van der Waals surface area contributed by atoms with Crippen LogP contribution in [0.2, 0.25) is 0 Å². The van der Waals surface area contributed by atoms with E-state index in [0.29, 0.717) is 11.8 Å². The van der Waals surface area contributed by atoms with Gasteiger partial charge >= 0.3 is 0 Å². The first kappa shape index (κ1) is 13.0. The summed E-state index contributed by atoms with van der Waals surface area (Å²) in [4.78, 5) is 3.95. The van der Waals surface area contributed by atoms with Crippen LogP contribution < -0.4 is 0 Å². The molecule has 2 atom stereocenters. The van der Waals surface area contributed by atoms with Crippen molar-refractivity contribution in [2.75, 3.05) is 0 Å². The van der Waals surface area contributed by atoms with E-state index in [4.69, 9.17) is 34.8 Å². The Labute approximate surface area is 122 Å². The smallest absolute Gasteiger partial charge is 0.137 e. The monoisotopic (exact) mass is 307 g/mol. The van der Waals surface area contributed by atoms with Crippen LogP contribution in [0.25, 0.3) is 0 Å². The summed E-state index contributed by atoms with van der Waals surface area (Å²) in [6.07, 6.45) is 8.56. The highest BCUT2D eigenvalue weighted by atomic mass is 35.5. The lowest BCUT2D eigenvalue weighted by Crippen LogP contribution is -2.23. The van der Waals surface area contributed by atoms with Crippen molar-refractivity contribution >= 4 is 34.8 Å². The third-order valence-corrected chi connectivity index (χ3v) is 5.77. The summed E-state index contributed by atoms with van der Waals surface area (Å²) in [6.45, 7) is 0.841. The molecule has 2 saturated carbocycles. The van der Waals surface area contributed by atoms with Gasteiger partial charge in [-0.05, 0) is 43.9 Å². The van der Waals surface area contributed by atoms with E-state index >= 15 is 0 Å². The molecular formula is C12H16Cl3N3. The number of nitrogens with zero attached hydrogens (tertiary/aromatic N) is 3. The molecule has 0 amide bonds. The van der Waals surface area contributed by atoms with E-state index < -0.39 is 4.33 Å². The lowest BCUT2D eigenvalue weighted by molar-refractivity contribution is 0.351. The second kappa shape index (κ2) is 4.53. The predicted octanol–water partition coefficient (Wildman–Crippen LogP) is 3.64. The Kier molecular flexibility index (Phi) is 3.28. The maximum atomic E-state index is 6.57. The molecule has 2 fully saturated rings. The van der Waals surface area contributed by atoms with Crippen LogP contribution in [0.5, 0.6) is 0 Å². The Bertz CT molecular complexity index is 414. The Morgan fingerprint density at radius 2 is 2.06 bits per heavy atom. The molecule has 0 bridgehead atoms. The lowest BCUT2D eigenvalue weighted by Gasteiger charge is -2.21. The van der Waals surface area contributed by atoms with Crippen molar-refractivity contribution in [2.24, 2.45) is 11.8 Å². The highest BCUT2D eigenvalue weighted by Gasteiger charge is 2.53. The number of alkyl halides is 3. The predicted molar refractivity (Wildman–Crippen MR) is 73.1 cm³/mol. The molecule has 18 heavy (non-hydrogen) atoms. The van der Waals surface area contributed by atoms with E-state index in [9.17, 15) is 0 Å². The molecule has 0 N–H and O–H groups in total. The first-order valence-corrected chi connectivity index (χ1v) is 7.52. The van der Waals surface area contributed by atoms with Crippen molar-refractivity contribution in [3.05, 3.63) is 12.7 Å². The van der Waals surface area contributed by atoms with Crippen LogP contribution >= 0.6 is 34.8 Å². The highest BCUT2D eigenvalue weighted by Crippen LogP contribution is 2.57. The number of aromatic nitrogens is 3. The molecule has 2 aliphatic carbocycles. The fourth-order valence-corrected chi connectivity index (χ4v) is 3.44. The average Bonchev–Trinajstić information content (AvgIpc) is 3.09. The summed E-state index contributed by atoms with van der Waals surface area (Å²) in [5, 5.41) is 4.16. The summed E-state index contributed by atoms with van der Waals surface area (Å²) in [5.41, 5.74) is 0. The Morgan fingerprint density at radius 3 is 2.56 bits per heavy atom. The molecular weight excluding hydrogens is 293 g/mol. The van der Waals surface area contributed by atoms with Crippen molar-refractivity contribution in [3.8, 4) is 0 Å². The van der Waals surface area contributed by atoms with Gasteiger partial charge in [0.25, 0.3) is 0 Å². The first-order chi connectivity index (χ1) is 8.50. The second-order valence-corrected chi connectivity index (χ2v) is 7.88. The minimum absolute atomic E-state index is 0.0257. The molecule has 0 aromatic carbocycles. The zero-order valence-corrected chi connectivity index (χ0v) is 12.3. The van der Waals surface area contributed by atoms with Gasteiger partial charge in [0.15, 0.2) is 0 Å². The van der Waals surface area contributed by atoms with Crippen molar-refractivity contribution in [2.45, 2.75) is 47.9 Å². The van der Waals surface area contributed by atoms with Crippen LogP contribution in [-0.2, 0) is 6.54 Å². The van der Waals surface area contributed by atoms with Gasteiger partial charge in [-0.3, -0.25) is 4.68 Å². The minimum Gasteiger partial charge on any atom is -0.253 e. The second-order valence-electron chi connectivity index (χ2n) is 5.59. The fraction of sp³-hybridized carbons (Fsp3) is 0.833. The largest absolute Gasteiger partial charge is 0.253 e. The summed E-state index contributed by atoms with van der Waals surface area (Å²) >= 11 is 18.7. The molecule has 3 rings (SSSR count). The maximum absolute atomic E-state index is 6.57. The summed E-state index contributed by atoms with van der Waals surface area (Å²) in [7, 11) is 0. The van der Waals surface area contributed by atoms with Gasteiger partial charge in [0.05, 0.1) is 0 Å². The molecule has 2 aliphatic rings. The average molecular weight is 309 g/mol. The lowest BCUT2D eigenvalue weighted by atomic mass is 9.95. The van der Waals surface area contributed by atoms with Crippen LogP contribution in [0.4, 0.5) is 0 Å². The number of halogens is 3. The fourth-order valence-electron chi connectivity index (χ4n) is 2.58. The highest BCUT2D eigenvalue weighted by molar-refractivity contribution is 6.50. The van der Waals surface area contributed by atoms with Gasteiger partial charge in [0.1, 0.15) is 17.0 Å². The number of rotatable bonds is 6. The number of hydrogen-bond donors (Lipinski definition) is 0. The van der Waals surface area contributed by atoms with E-state index in [1.54, 1.807) is 12.7 Å². The molecule has 0 radical (unpaired) electrons. The Hall–Kier alpha value is 0.01000. The van der Waals surface area contributed by atoms with Gasteiger partial charge < -0.3 is 0 Å². The minimum atomic E-state index is -0.471. The van der Waals surface area contributed by atoms with E-state index in [0.717, 1.165) is 38.6 Å². The van der Waals surface area contributed by atoms with Gasteiger partial charge in [0.2, 0.25) is 0 Å². The van der Waals surface area contributed by atoms with Crippen molar-refractivity contribution in [1.82, 2.24) is 14.8 Å². The SMILES string of the molecule is ClC1(C(CC[C@H]2CC2(Cl)Cl)Cn2cncn2)CC1. The maximum Gasteiger partial charge on any atom is 0.137 e. The molecule has 100 valence electrons. The molecule has 1 heterocycles. The standard InChI is InChI=1S/C12H16Cl3N3/c13-11(3-4-11)10(6-18-8-16-7-17-18)2-1-9-5-12(9,14)15/h7-10H,1-6H2/t9-,10?/m0/s1. The van der Waals surface area contributed by atoms with Gasteiger partial charge in [-0.25, -0.2) is 4.98 Å². The Morgan fingerprint density at radius 1 is 1.33 bits per heavy atom. The summed E-state index contributed by atoms with van der Waals surface area (Å²) < 4.78 is 1.40. The molecule has 0 spiro atoms. The van der Waals surface area contributed by atoms with E-state index in [2.05, 4.69) is 10.1 Å². The number of hydrogen-bond acceptors (Lipinski definition) is 2. The zero-order chi connectivity index (χ0) is 12.8. The zero-order valence-electron chi connectivity index (χ0n) is 10.0. The Balaban J connectivity index is 1.57. The molecule has 1 aromatic rings. The first-order valence-electron chi connectivity index (χ1n) is 6.39. The third-order valence-electron chi connectivity index (χ3n) is 4.15. The van der Waals surface area contributed by atoms with E-state index in [1.165, 1.54) is 0 Å². The molecule has 0 saturated heterocycles. The van der Waals surface area contributed by atoms with Crippen LogP contribution in [-0.4, -0.2) is 24.0 Å². The van der Waals surface area contributed by atoms with E-state index in [1.807, 2.05) is 4.68 Å².